The van der Waals surface area contributed by atoms with Crippen molar-refractivity contribution in [3.05, 3.63) is 15.6 Å². The molecule has 0 radical (unpaired) electrons. The standard InChI is InChI=1S/C17H29N3OS/c1-5-8-15-19-13(3)14(22-15)11-18-16(21)17(4)9-7-10-20(6-2)12-17/h5-12H2,1-4H3,(H,18,21). The van der Waals surface area contributed by atoms with Crippen LogP contribution in [0.25, 0.3) is 0 Å². The lowest BCUT2D eigenvalue weighted by Crippen LogP contribution is -2.50. The summed E-state index contributed by atoms with van der Waals surface area (Å²) >= 11 is 1.74. The Kier molecular flexibility index (Phi) is 5.98. The molecule has 124 valence electrons. The normalized spacial score (nSPS) is 22.7. The van der Waals surface area contributed by atoms with Gasteiger partial charge in [-0.15, -0.1) is 11.3 Å². The largest absolute Gasteiger partial charge is 0.351 e. The monoisotopic (exact) mass is 323 g/mol. The highest BCUT2D eigenvalue weighted by molar-refractivity contribution is 7.11. The Morgan fingerprint density at radius 2 is 2.23 bits per heavy atom. The number of amides is 1. The quantitative estimate of drug-likeness (QED) is 0.875. The zero-order valence-corrected chi connectivity index (χ0v) is 15.2. The van der Waals surface area contributed by atoms with Crippen LogP contribution in [-0.4, -0.2) is 35.4 Å². The lowest BCUT2D eigenvalue weighted by atomic mass is 9.81. The van der Waals surface area contributed by atoms with Gasteiger partial charge in [0.15, 0.2) is 0 Å². The fraction of sp³-hybridized carbons (Fsp3) is 0.765. The molecule has 4 nitrogen and oxygen atoms in total. The van der Waals surface area contributed by atoms with E-state index < -0.39 is 0 Å². The fourth-order valence-corrected chi connectivity index (χ4v) is 4.26. The number of hydrogen-bond donors (Lipinski definition) is 1. The Morgan fingerprint density at radius 1 is 1.45 bits per heavy atom. The summed E-state index contributed by atoms with van der Waals surface area (Å²) in [4.78, 5) is 20.8. The van der Waals surface area contributed by atoms with Crippen LogP contribution in [0.15, 0.2) is 0 Å². The zero-order valence-electron chi connectivity index (χ0n) is 14.4. The van der Waals surface area contributed by atoms with E-state index in [-0.39, 0.29) is 11.3 Å². The van der Waals surface area contributed by atoms with E-state index in [0.29, 0.717) is 6.54 Å². The van der Waals surface area contributed by atoms with Crippen LogP contribution in [0.3, 0.4) is 0 Å². The molecule has 22 heavy (non-hydrogen) atoms. The van der Waals surface area contributed by atoms with Crippen LogP contribution in [0.1, 0.15) is 55.6 Å². The molecule has 1 aliphatic heterocycles. The smallest absolute Gasteiger partial charge is 0.227 e. The highest BCUT2D eigenvalue weighted by atomic mass is 32.1. The molecule has 1 N–H and O–H groups in total. The fourth-order valence-electron chi connectivity index (χ4n) is 3.15. The third-order valence-electron chi connectivity index (χ3n) is 4.58. The molecular weight excluding hydrogens is 294 g/mol. The van der Waals surface area contributed by atoms with Crippen molar-refractivity contribution >= 4 is 17.2 Å². The number of hydrogen-bond acceptors (Lipinski definition) is 4. The van der Waals surface area contributed by atoms with E-state index in [1.807, 2.05) is 6.92 Å². The summed E-state index contributed by atoms with van der Waals surface area (Å²) in [6, 6.07) is 0. The predicted octanol–water partition coefficient (Wildman–Crippen LogP) is 3.14. The maximum absolute atomic E-state index is 12.6. The molecule has 1 atom stereocenters. The van der Waals surface area contributed by atoms with E-state index in [2.05, 4.69) is 36.0 Å². The molecular formula is C17H29N3OS. The SMILES string of the molecule is CCCc1nc(C)c(CNC(=O)C2(C)CCCN(CC)C2)s1. The van der Waals surface area contributed by atoms with Crippen molar-refractivity contribution in [2.24, 2.45) is 5.41 Å². The topological polar surface area (TPSA) is 45.2 Å². The van der Waals surface area contributed by atoms with Crippen LogP contribution in [0.2, 0.25) is 0 Å². The molecule has 0 aliphatic carbocycles. The first kappa shape index (κ1) is 17.4. The van der Waals surface area contributed by atoms with E-state index >= 15 is 0 Å². The van der Waals surface area contributed by atoms with E-state index in [1.165, 1.54) is 9.88 Å². The average Bonchev–Trinajstić information content (AvgIpc) is 2.85. The Balaban J connectivity index is 1.94. The van der Waals surface area contributed by atoms with Gasteiger partial charge in [0.1, 0.15) is 0 Å². The van der Waals surface area contributed by atoms with Gasteiger partial charge in [-0.3, -0.25) is 4.79 Å². The Morgan fingerprint density at radius 3 is 2.91 bits per heavy atom. The number of aromatic nitrogens is 1. The van der Waals surface area contributed by atoms with E-state index in [1.54, 1.807) is 11.3 Å². The van der Waals surface area contributed by atoms with Gasteiger partial charge in [0.05, 0.1) is 22.7 Å². The van der Waals surface area contributed by atoms with Crippen LogP contribution < -0.4 is 5.32 Å². The number of likely N-dealkylation sites (tertiary alicyclic amines) is 1. The second-order valence-corrected chi connectivity index (χ2v) is 7.75. The van der Waals surface area contributed by atoms with Crippen LogP contribution in [0, 0.1) is 12.3 Å². The van der Waals surface area contributed by atoms with E-state index in [9.17, 15) is 4.79 Å². The molecule has 2 heterocycles. The number of nitrogens with zero attached hydrogens (tertiary/aromatic N) is 2. The molecule has 0 saturated carbocycles. The van der Waals surface area contributed by atoms with Crippen molar-refractivity contribution in [1.82, 2.24) is 15.2 Å². The van der Waals surface area contributed by atoms with Gasteiger partial charge in [-0.25, -0.2) is 4.98 Å². The van der Waals surface area contributed by atoms with Gasteiger partial charge in [-0.1, -0.05) is 13.8 Å². The number of thiazole rings is 1. The first-order chi connectivity index (χ1) is 10.5. The molecule has 0 spiro atoms. The third kappa shape index (κ3) is 4.07. The van der Waals surface area contributed by atoms with Crippen molar-refractivity contribution in [3.8, 4) is 0 Å². The third-order valence-corrected chi connectivity index (χ3v) is 5.80. The number of aryl methyl sites for hydroxylation is 2. The predicted molar refractivity (Wildman–Crippen MR) is 92.1 cm³/mol. The maximum atomic E-state index is 12.6. The second-order valence-electron chi connectivity index (χ2n) is 6.58. The summed E-state index contributed by atoms with van der Waals surface area (Å²) in [6.45, 7) is 12.1. The molecule has 1 saturated heterocycles. The van der Waals surface area contributed by atoms with Crippen molar-refractivity contribution in [3.63, 3.8) is 0 Å². The number of carbonyl (C=O) groups excluding carboxylic acids is 1. The van der Waals surface area contributed by atoms with Crippen molar-refractivity contribution in [2.45, 2.75) is 59.9 Å². The molecule has 1 fully saturated rings. The maximum Gasteiger partial charge on any atom is 0.227 e. The van der Waals surface area contributed by atoms with Crippen LogP contribution >= 0.6 is 11.3 Å². The Hall–Kier alpha value is -0.940. The van der Waals surface area contributed by atoms with Gasteiger partial charge in [-0.2, -0.15) is 0 Å². The molecule has 2 rings (SSSR count). The lowest BCUT2D eigenvalue weighted by molar-refractivity contribution is -0.133. The number of piperidine rings is 1. The minimum absolute atomic E-state index is 0.190. The molecule has 0 aromatic carbocycles. The van der Waals surface area contributed by atoms with E-state index in [0.717, 1.165) is 51.0 Å². The van der Waals surface area contributed by atoms with Gasteiger partial charge >= 0.3 is 0 Å². The zero-order chi connectivity index (χ0) is 16.2. The molecule has 1 amide bonds. The number of carbonyl (C=O) groups is 1. The van der Waals surface area contributed by atoms with E-state index in [4.69, 9.17) is 0 Å². The molecule has 1 aromatic heterocycles. The van der Waals surface area contributed by atoms with Gasteiger partial charge < -0.3 is 10.2 Å². The van der Waals surface area contributed by atoms with Crippen molar-refractivity contribution in [2.75, 3.05) is 19.6 Å². The summed E-state index contributed by atoms with van der Waals surface area (Å²) in [6.07, 6.45) is 4.24. The summed E-state index contributed by atoms with van der Waals surface area (Å²) in [7, 11) is 0. The molecule has 5 heteroatoms. The van der Waals surface area contributed by atoms with Crippen LogP contribution in [0.4, 0.5) is 0 Å². The molecule has 1 aliphatic rings. The number of rotatable bonds is 6. The second kappa shape index (κ2) is 7.55. The van der Waals surface area contributed by atoms with Gasteiger partial charge in [0, 0.05) is 11.4 Å². The summed E-state index contributed by atoms with van der Waals surface area (Å²) in [5.74, 6) is 0.190. The molecule has 1 aromatic rings. The summed E-state index contributed by atoms with van der Waals surface area (Å²) in [5, 5.41) is 4.34. The summed E-state index contributed by atoms with van der Waals surface area (Å²) in [5.41, 5.74) is 0.816. The Bertz CT molecular complexity index is 514. The van der Waals surface area contributed by atoms with Crippen molar-refractivity contribution in [1.29, 1.82) is 0 Å². The van der Waals surface area contributed by atoms with Gasteiger partial charge in [0.2, 0.25) is 5.91 Å². The number of nitrogens with one attached hydrogen (secondary N) is 1. The van der Waals surface area contributed by atoms with Crippen molar-refractivity contribution < 1.29 is 4.79 Å². The van der Waals surface area contributed by atoms with Gasteiger partial charge in [-0.05, 0) is 52.6 Å². The molecule has 1 unspecified atom stereocenters. The lowest BCUT2D eigenvalue weighted by Gasteiger charge is -2.38. The minimum Gasteiger partial charge on any atom is -0.351 e. The first-order valence-electron chi connectivity index (χ1n) is 8.44. The highest BCUT2D eigenvalue weighted by Gasteiger charge is 2.37. The Labute approximate surface area is 138 Å². The minimum atomic E-state index is -0.251. The van der Waals surface area contributed by atoms with Crippen LogP contribution in [0.5, 0.6) is 0 Å². The average molecular weight is 324 g/mol. The summed E-state index contributed by atoms with van der Waals surface area (Å²) < 4.78 is 0. The molecule has 0 bridgehead atoms. The highest BCUT2D eigenvalue weighted by Crippen LogP contribution is 2.30. The van der Waals surface area contributed by atoms with Gasteiger partial charge in [0.25, 0.3) is 0 Å². The first-order valence-corrected chi connectivity index (χ1v) is 9.26. The van der Waals surface area contributed by atoms with Crippen LogP contribution in [-0.2, 0) is 17.8 Å².